The highest BCUT2D eigenvalue weighted by Gasteiger charge is 2.26. The molecular formula is C15H29N. The summed E-state index contributed by atoms with van der Waals surface area (Å²) in [7, 11) is 0. The van der Waals surface area contributed by atoms with Gasteiger partial charge in [0, 0.05) is 12.1 Å². The van der Waals surface area contributed by atoms with Crippen molar-refractivity contribution in [1.82, 2.24) is 5.32 Å². The Labute approximate surface area is 101 Å². The van der Waals surface area contributed by atoms with Crippen molar-refractivity contribution in [2.45, 2.75) is 83.7 Å². The number of hydrogen-bond donors (Lipinski definition) is 1. The Morgan fingerprint density at radius 2 is 1.50 bits per heavy atom. The Hall–Kier alpha value is -0.0400. The van der Waals surface area contributed by atoms with Crippen molar-refractivity contribution >= 4 is 0 Å². The lowest BCUT2D eigenvalue weighted by atomic mass is 9.81. The average Bonchev–Trinajstić information content (AvgIpc) is 2.33. The van der Waals surface area contributed by atoms with Gasteiger partial charge >= 0.3 is 0 Å². The van der Waals surface area contributed by atoms with Gasteiger partial charge in [-0.25, -0.2) is 0 Å². The van der Waals surface area contributed by atoms with E-state index in [1.54, 1.807) is 0 Å². The molecule has 2 saturated carbocycles. The zero-order valence-electron chi connectivity index (χ0n) is 11.2. The summed E-state index contributed by atoms with van der Waals surface area (Å²) in [5.41, 5.74) is 0. The van der Waals surface area contributed by atoms with Gasteiger partial charge in [-0.15, -0.1) is 0 Å². The van der Waals surface area contributed by atoms with E-state index >= 15 is 0 Å². The minimum Gasteiger partial charge on any atom is -0.311 e. The molecule has 0 bridgehead atoms. The van der Waals surface area contributed by atoms with Gasteiger partial charge in [0.2, 0.25) is 0 Å². The Balaban J connectivity index is 1.78. The van der Waals surface area contributed by atoms with Crippen molar-refractivity contribution in [2.24, 2.45) is 11.8 Å². The van der Waals surface area contributed by atoms with Gasteiger partial charge in [0.25, 0.3) is 0 Å². The van der Waals surface area contributed by atoms with Crippen LogP contribution in [0, 0.1) is 11.8 Å². The molecule has 1 heteroatoms. The maximum Gasteiger partial charge on any atom is 0.00952 e. The normalized spacial score (nSPS) is 34.9. The van der Waals surface area contributed by atoms with Gasteiger partial charge in [-0.2, -0.15) is 0 Å². The standard InChI is InChI=1S/C15H29N/c1-12-8-6-7-11-15(12)16-13(2)14-9-4-3-5-10-14/h12-16H,3-11H2,1-2H3/t12?,13-,15?/m1/s1. The maximum atomic E-state index is 3.94. The number of rotatable bonds is 3. The van der Waals surface area contributed by atoms with Crippen molar-refractivity contribution in [3.63, 3.8) is 0 Å². The molecule has 0 heterocycles. The zero-order chi connectivity index (χ0) is 11.4. The SMILES string of the molecule is CC1CCCCC1N[C@H](C)C1CCCCC1. The molecule has 0 spiro atoms. The van der Waals surface area contributed by atoms with Crippen molar-refractivity contribution in [3.8, 4) is 0 Å². The van der Waals surface area contributed by atoms with Crippen LogP contribution in [0.5, 0.6) is 0 Å². The van der Waals surface area contributed by atoms with E-state index in [4.69, 9.17) is 0 Å². The van der Waals surface area contributed by atoms with Gasteiger partial charge in [-0.3, -0.25) is 0 Å². The van der Waals surface area contributed by atoms with E-state index in [-0.39, 0.29) is 0 Å². The van der Waals surface area contributed by atoms with Gasteiger partial charge in [0.15, 0.2) is 0 Å². The predicted molar refractivity (Wildman–Crippen MR) is 70.6 cm³/mol. The first-order valence-electron chi connectivity index (χ1n) is 7.53. The summed E-state index contributed by atoms with van der Waals surface area (Å²) in [6, 6.07) is 1.57. The first-order valence-corrected chi connectivity index (χ1v) is 7.53. The van der Waals surface area contributed by atoms with E-state index in [9.17, 15) is 0 Å². The first-order chi connectivity index (χ1) is 7.77. The topological polar surface area (TPSA) is 12.0 Å². The predicted octanol–water partition coefficient (Wildman–Crippen LogP) is 4.12. The van der Waals surface area contributed by atoms with Crippen molar-refractivity contribution in [3.05, 3.63) is 0 Å². The molecule has 0 saturated heterocycles. The Kier molecular flexibility index (Phi) is 4.69. The van der Waals surface area contributed by atoms with E-state index in [2.05, 4.69) is 19.2 Å². The number of hydrogen-bond acceptors (Lipinski definition) is 1. The van der Waals surface area contributed by atoms with E-state index < -0.39 is 0 Å². The second-order valence-corrected chi connectivity index (χ2v) is 6.22. The molecule has 2 rings (SSSR count). The quantitative estimate of drug-likeness (QED) is 0.759. The maximum absolute atomic E-state index is 3.94. The van der Waals surface area contributed by atoms with E-state index in [1.165, 1.54) is 57.8 Å². The highest BCUT2D eigenvalue weighted by atomic mass is 15.0. The fourth-order valence-electron chi connectivity index (χ4n) is 3.67. The van der Waals surface area contributed by atoms with E-state index in [0.717, 1.165) is 23.9 Å². The van der Waals surface area contributed by atoms with E-state index in [1.807, 2.05) is 0 Å². The smallest absolute Gasteiger partial charge is 0.00952 e. The molecule has 3 atom stereocenters. The molecule has 0 aromatic carbocycles. The molecule has 2 fully saturated rings. The molecule has 2 unspecified atom stereocenters. The molecule has 94 valence electrons. The van der Waals surface area contributed by atoms with Crippen LogP contribution < -0.4 is 5.32 Å². The van der Waals surface area contributed by atoms with E-state index in [0.29, 0.717) is 0 Å². The minimum atomic E-state index is 0.755. The monoisotopic (exact) mass is 223 g/mol. The van der Waals surface area contributed by atoms with Gasteiger partial charge in [0.05, 0.1) is 0 Å². The highest BCUT2D eigenvalue weighted by Crippen LogP contribution is 2.29. The lowest BCUT2D eigenvalue weighted by Crippen LogP contribution is -2.45. The third kappa shape index (κ3) is 3.23. The fourth-order valence-corrected chi connectivity index (χ4v) is 3.67. The van der Waals surface area contributed by atoms with Crippen LogP contribution in [0.1, 0.15) is 71.6 Å². The Bertz CT molecular complexity index is 196. The summed E-state index contributed by atoms with van der Waals surface area (Å²) in [4.78, 5) is 0. The third-order valence-electron chi connectivity index (χ3n) is 4.95. The summed E-state index contributed by atoms with van der Waals surface area (Å²) < 4.78 is 0. The summed E-state index contributed by atoms with van der Waals surface area (Å²) in [5.74, 6) is 1.86. The first kappa shape index (κ1) is 12.4. The van der Waals surface area contributed by atoms with Gasteiger partial charge < -0.3 is 5.32 Å². The molecular weight excluding hydrogens is 194 g/mol. The lowest BCUT2D eigenvalue weighted by molar-refractivity contribution is 0.210. The van der Waals surface area contributed by atoms with Crippen molar-refractivity contribution < 1.29 is 0 Å². The summed E-state index contributed by atoms with van der Waals surface area (Å²) in [6.07, 6.45) is 13.1. The van der Waals surface area contributed by atoms with Gasteiger partial charge in [-0.05, 0) is 44.4 Å². The molecule has 1 N–H and O–H groups in total. The van der Waals surface area contributed by atoms with Gasteiger partial charge in [-0.1, -0.05) is 39.0 Å². The largest absolute Gasteiger partial charge is 0.311 e. The molecule has 0 radical (unpaired) electrons. The van der Waals surface area contributed by atoms with Gasteiger partial charge in [0.1, 0.15) is 0 Å². The Morgan fingerprint density at radius 1 is 0.875 bits per heavy atom. The second-order valence-electron chi connectivity index (χ2n) is 6.22. The third-order valence-corrected chi connectivity index (χ3v) is 4.95. The molecule has 16 heavy (non-hydrogen) atoms. The minimum absolute atomic E-state index is 0.755. The molecule has 1 nitrogen and oxygen atoms in total. The van der Waals surface area contributed by atoms with Crippen LogP contribution in [0.25, 0.3) is 0 Å². The number of nitrogens with one attached hydrogen (secondary N) is 1. The van der Waals surface area contributed by atoms with Crippen molar-refractivity contribution in [1.29, 1.82) is 0 Å². The van der Waals surface area contributed by atoms with Crippen LogP contribution in [0.4, 0.5) is 0 Å². The molecule has 0 aliphatic heterocycles. The second kappa shape index (κ2) is 6.05. The average molecular weight is 223 g/mol. The highest BCUT2D eigenvalue weighted by molar-refractivity contribution is 4.84. The molecule has 0 aromatic heterocycles. The fraction of sp³-hybridized carbons (Fsp3) is 1.00. The summed E-state index contributed by atoms with van der Waals surface area (Å²) >= 11 is 0. The zero-order valence-corrected chi connectivity index (χ0v) is 11.2. The van der Waals surface area contributed by atoms with Crippen LogP contribution in [-0.2, 0) is 0 Å². The molecule has 2 aliphatic carbocycles. The van der Waals surface area contributed by atoms with Crippen LogP contribution in [-0.4, -0.2) is 12.1 Å². The van der Waals surface area contributed by atoms with Crippen LogP contribution in [0.3, 0.4) is 0 Å². The summed E-state index contributed by atoms with van der Waals surface area (Å²) in [6.45, 7) is 4.86. The molecule has 2 aliphatic rings. The van der Waals surface area contributed by atoms with Crippen LogP contribution in [0.2, 0.25) is 0 Å². The molecule has 0 amide bonds. The molecule has 0 aromatic rings. The van der Waals surface area contributed by atoms with Crippen molar-refractivity contribution in [2.75, 3.05) is 0 Å². The summed E-state index contributed by atoms with van der Waals surface area (Å²) in [5, 5.41) is 3.94. The van der Waals surface area contributed by atoms with Crippen LogP contribution >= 0.6 is 0 Å². The Morgan fingerprint density at radius 3 is 2.19 bits per heavy atom. The van der Waals surface area contributed by atoms with Crippen LogP contribution in [0.15, 0.2) is 0 Å². The lowest BCUT2D eigenvalue weighted by Gasteiger charge is -2.36.